The normalized spacial score (nSPS) is 26.8. The highest BCUT2D eigenvalue weighted by atomic mass is 16.5. The largest absolute Gasteiger partial charge is 0.453 e. The van der Waals surface area contributed by atoms with E-state index in [4.69, 9.17) is 19.4 Å². The first-order valence-electron chi connectivity index (χ1n) is 24.9. The number of rotatable bonds is 12. The summed E-state index contributed by atoms with van der Waals surface area (Å²) in [4.78, 5) is 72.9. The SMILES string of the molecule is COC(=O)N[C@H](C(=O)N1C2CC2C[C@H]1c1ncc(-c2ccc(-c3ccc(-c4ccc(-c5cnc([C@@H]6CC7CC7N6C(=O)[C@@H](NC(=O)OC)C(C)C)[nH]5)cc4)c4c3C3CC(C)CC4N3)cc2)[nH]1)C(C)C. The van der Waals surface area contributed by atoms with Gasteiger partial charge in [-0.2, -0.15) is 0 Å². The number of benzene rings is 3. The van der Waals surface area contributed by atoms with Crippen molar-refractivity contribution < 1.29 is 28.7 Å². The molecule has 15 heteroatoms. The Morgan fingerprint density at radius 3 is 1.35 bits per heavy atom. The molecule has 6 aliphatic rings. The van der Waals surface area contributed by atoms with Crippen molar-refractivity contribution >= 4 is 24.0 Å². The lowest BCUT2D eigenvalue weighted by Gasteiger charge is -2.31. The van der Waals surface area contributed by atoms with Crippen LogP contribution in [0.3, 0.4) is 0 Å². The molecule has 6 unspecified atom stereocenters. The monoisotopic (exact) mass is 933 g/mol. The van der Waals surface area contributed by atoms with E-state index in [1.807, 2.05) is 49.9 Å². The Labute approximate surface area is 402 Å². The predicted octanol–water partition coefficient (Wildman–Crippen LogP) is 9.00. The van der Waals surface area contributed by atoms with Crippen LogP contribution in [0.25, 0.3) is 44.8 Å². The summed E-state index contributed by atoms with van der Waals surface area (Å²) in [5, 5.41) is 9.52. The lowest BCUT2D eigenvalue weighted by Crippen LogP contribution is -2.52. The molecule has 4 aliphatic heterocycles. The minimum absolute atomic E-state index is 0.0900. The Morgan fingerprint density at radius 1 is 0.580 bits per heavy atom. The number of amides is 4. The average Bonchev–Trinajstić information content (AvgIpc) is 3.84. The van der Waals surface area contributed by atoms with Gasteiger partial charge in [-0.25, -0.2) is 19.6 Å². The molecule has 10 atom stereocenters. The number of nitrogens with one attached hydrogen (secondary N) is 5. The first-order chi connectivity index (χ1) is 33.3. The number of alkyl carbamates (subject to hydrolysis) is 2. The lowest BCUT2D eigenvalue weighted by molar-refractivity contribution is -0.137. The Balaban J connectivity index is 0.823. The predicted molar refractivity (Wildman–Crippen MR) is 260 cm³/mol. The van der Waals surface area contributed by atoms with E-state index >= 15 is 0 Å². The number of ether oxygens (including phenoxy) is 2. The maximum atomic E-state index is 14.0. The zero-order valence-electron chi connectivity index (χ0n) is 40.4. The van der Waals surface area contributed by atoms with E-state index in [2.05, 4.69) is 93.5 Å². The van der Waals surface area contributed by atoms with Gasteiger partial charge in [0.25, 0.3) is 0 Å². The fraction of sp³-hybridized carbons (Fsp3) is 0.481. The molecule has 3 saturated heterocycles. The third-order valence-electron chi connectivity index (χ3n) is 16.0. The van der Waals surface area contributed by atoms with Crippen molar-refractivity contribution in [3.05, 3.63) is 95.8 Å². The summed E-state index contributed by atoms with van der Waals surface area (Å²) in [5.41, 5.74) is 11.4. The molecular weight excluding hydrogens is 871 g/mol. The highest BCUT2D eigenvalue weighted by Crippen LogP contribution is 2.55. The number of piperidine rings is 3. The van der Waals surface area contributed by atoms with E-state index in [1.165, 1.54) is 47.6 Å². The molecule has 3 aromatic carbocycles. The molecule has 2 aliphatic carbocycles. The van der Waals surface area contributed by atoms with Crippen molar-refractivity contribution in [3.8, 4) is 44.8 Å². The summed E-state index contributed by atoms with van der Waals surface area (Å²) < 4.78 is 9.68. The Morgan fingerprint density at radius 2 is 0.971 bits per heavy atom. The van der Waals surface area contributed by atoms with Crippen molar-refractivity contribution in [1.82, 2.24) is 45.7 Å². The van der Waals surface area contributed by atoms with Gasteiger partial charge in [-0.05, 0) is 113 Å². The summed E-state index contributed by atoms with van der Waals surface area (Å²) in [6, 6.07) is 21.2. The number of hydrogen-bond donors (Lipinski definition) is 5. The first kappa shape index (κ1) is 45.0. The number of carbonyl (C=O) groups excluding carboxylic acids is 4. The van der Waals surface area contributed by atoms with Gasteiger partial charge >= 0.3 is 12.2 Å². The Kier molecular flexibility index (Phi) is 11.4. The van der Waals surface area contributed by atoms with Crippen LogP contribution < -0.4 is 16.0 Å². The molecule has 11 rings (SSSR count). The van der Waals surface area contributed by atoms with Crippen LogP contribution in [0.1, 0.15) is 120 Å². The van der Waals surface area contributed by atoms with Gasteiger partial charge < -0.3 is 45.2 Å². The molecule has 6 heterocycles. The Hall–Kier alpha value is -6.48. The van der Waals surface area contributed by atoms with Crippen LogP contribution in [-0.4, -0.2) is 92.1 Å². The quantitative estimate of drug-likeness (QED) is 0.0814. The summed E-state index contributed by atoms with van der Waals surface area (Å²) in [6.45, 7) is 10.1. The minimum Gasteiger partial charge on any atom is -0.453 e. The molecule has 0 spiro atoms. The van der Waals surface area contributed by atoms with Gasteiger partial charge in [-0.15, -0.1) is 0 Å². The standard InChI is InChI=1S/C54H63N9O6/c1-26(2)47(60-53(66)68-6)51(64)62-41-20-33(41)22-43(62)49-55-24-39(58-49)31-12-8-29(9-13-31)35-16-17-36(46-38-19-28(5)18-37(57-38)45(35)46)30-10-14-32(15-11-30)40-25-56-50(59-40)44-23-34-21-42(34)63(44)52(65)48(27(3)4)61-54(67)69-7/h8-17,24-28,33-34,37-38,41-44,47-48,57H,18-23H2,1-7H3,(H,55,58)(H,56,59)(H,60,66)(H,61,67)/t28?,33?,34?,37?,38?,41?,42?,43-,44-,47-,48-/m0/s1. The number of aromatic amines is 2. The number of carbonyl (C=O) groups is 4. The average molecular weight is 934 g/mol. The van der Waals surface area contributed by atoms with Gasteiger partial charge in [0.05, 0.1) is 50.1 Å². The third kappa shape index (κ3) is 8.05. The van der Waals surface area contributed by atoms with Crippen molar-refractivity contribution in [2.45, 2.75) is 121 Å². The summed E-state index contributed by atoms with van der Waals surface area (Å²) in [6.07, 6.45) is 8.34. The molecule has 5 aromatic rings. The number of methoxy groups -OCH3 is 2. The van der Waals surface area contributed by atoms with Crippen LogP contribution in [0.5, 0.6) is 0 Å². The maximum absolute atomic E-state index is 14.0. The summed E-state index contributed by atoms with van der Waals surface area (Å²) >= 11 is 0. The highest BCUT2D eigenvalue weighted by Gasteiger charge is 2.57. The molecule has 4 amide bonds. The summed E-state index contributed by atoms with van der Waals surface area (Å²) in [5.74, 6) is 2.65. The smallest absolute Gasteiger partial charge is 0.407 e. The fourth-order valence-corrected chi connectivity index (χ4v) is 12.3. The molecule has 0 radical (unpaired) electrons. The third-order valence-corrected chi connectivity index (χ3v) is 16.0. The van der Waals surface area contributed by atoms with Gasteiger partial charge in [0, 0.05) is 24.2 Å². The van der Waals surface area contributed by atoms with E-state index in [-0.39, 0.29) is 59.9 Å². The lowest BCUT2D eigenvalue weighted by atomic mass is 9.86. The molecule has 5 fully saturated rings. The van der Waals surface area contributed by atoms with Crippen molar-refractivity contribution in [2.75, 3.05) is 14.2 Å². The Bertz CT molecular complexity index is 2610. The van der Waals surface area contributed by atoms with Crippen molar-refractivity contribution in [2.24, 2.45) is 29.6 Å². The van der Waals surface area contributed by atoms with E-state index in [9.17, 15) is 19.2 Å². The minimum atomic E-state index is -0.679. The second kappa shape index (κ2) is 17.5. The second-order valence-corrected chi connectivity index (χ2v) is 21.2. The molecule has 2 saturated carbocycles. The van der Waals surface area contributed by atoms with Crippen molar-refractivity contribution in [3.63, 3.8) is 0 Å². The molecule has 2 bridgehead atoms. The number of likely N-dealkylation sites (tertiary alicyclic amines) is 2. The van der Waals surface area contributed by atoms with Crippen molar-refractivity contribution in [1.29, 1.82) is 0 Å². The number of H-pyrrole nitrogens is 2. The van der Waals surface area contributed by atoms with Gasteiger partial charge in [0.15, 0.2) is 0 Å². The molecule has 5 N–H and O–H groups in total. The van der Waals surface area contributed by atoms with Gasteiger partial charge in [0.1, 0.15) is 23.7 Å². The summed E-state index contributed by atoms with van der Waals surface area (Å²) in [7, 11) is 2.63. The van der Waals surface area contributed by atoms with Crippen LogP contribution >= 0.6 is 0 Å². The maximum Gasteiger partial charge on any atom is 0.407 e. The highest BCUT2D eigenvalue weighted by molar-refractivity contribution is 5.88. The van der Waals surface area contributed by atoms with Crippen LogP contribution in [0.4, 0.5) is 9.59 Å². The second-order valence-electron chi connectivity index (χ2n) is 21.2. The van der Waals surface area contributed by atoms with E-state index in [0.29, 0.717) is 17.8 Å². The van der Waals surface area contributed by atoms with Crippen LogP contribution in [-0.2, 0) is 19.1 Å². The number of imidazole rings is 2. The van der Waals surface area contributed by atoms with E-state index in [0.717, 1.165) is 72.7 Å². The van der Waals surface area contributed by atoms with Crippen LogP contribution in [0, 0.1) is 29.6 Å². The molecule has 360 valence electrons. The van der Waals surface area contributed by atoms with Gasteiger partial charge in [-0.3, -0.25) is 9.59 Å². The van der Waals surface area contributed by atoms with E-state index in [1.54, 1.807) is 0 Å². The molecule has 69 heavy (non-hydrogen) atoms. The number of hydrogen-bond acceptors (Lipinski definition) is 9. The van der Waals surface area contributed by atoms with E-state index < -0.39 is 24.3 Å². The first-order valence-corrected chi connectivity index (χ1v) is 24.9. The molecular formula is C54H63N9O6. The van der Waals surface area contributed by atoms with Crippen LogP contribution in [0.2, 0.25) is 0 Å². The number of fused-ring (bicyclic) bond motifs is 7. The number of nitrogens with zero attached hydrogens (tertiary/aromatic N) is 4. The molecule has 2 aromatic heterocycles. The fourth-order valence-electron chi connectivity index (χ4n) is 12.3. The number of aromatic nitrogens is 4. The zero-order chi connectivity index (χ0) is 48.0. The van der Waals surface area contributed by atoms with Gasteiger partial charge in [0.2, 0.25) is 11.8 Å². The topological polar surface area (TPSA) is 187 Å². The zero-order valence-corrected chi connectivity index (χ0v) is 40.4. The van der Waals surface area contributed by atoms with Crippen LogP contribution in [0.15, 0.2) is 73.1 Å². The molecule has 15 nitrogen and oxygen atoms in total. The van der Waals surface area contributed by atoms with Gasteiger partial charge in [-0.1, -0.05) is 95.3 Å².